The topological polar surface area (TPSA) is 72.5 Å². The number of hydrogen-bond acceptors (Lipinski definition) is 5. The van der Waals surface area contributed by atoms with E-state index in [1.165, 1.54) is 11.5 Å². The molecule has 3 N–H and O–H groups in total. The molecule has 4 nitrogen and oxygen atoms in total. The molecule has 18 heavy (non-hydrogen) atoms. The lowest BCUT2D eigenvalue weighted by Gasteiger charge is -2.43. The second-order valence-electron chi connectivity index (χ2n) is 5.04. The van der Waals surface area contributed by atoms with Crippen LogP contribution in [0.3, 0.4) is 0 Å². The maximum Gasteiger partial charge on any atom is 0.321 e. The van der Waals surface area contributed by atoms with Gasteiger partial charge in [0, 0.05) is 17.6 Å². The van der Waals surface area contributed by atoms with Crippen molar-refractivity contribution in [3.63, 3.8) is 0 Å². The van der Waals surface area contributed by atoms with E-state index in [-0.39, 0.29) is 5.60 Å². The van der Waals surface area contributed by atoms with Crippen LogP contribution in [0, 0.1) is 0 Å². The number of thioether (sulfide) groups is 2. The molecule has 2 rings (SSSR count). The standard InChI is InChI=1S/C12H21NO3S2/c13-10(11(14)15)8-18-9-1-4-16-12(7-9)2-5-17-6-3-12/h9-10H,1-8,13H2,(H,14,15)/t9?,10-/m0/s1. The molecule has 1 unspecified atom stereocenters. The van der Waals surface area contributed by atoms with Crippen molar-refractivity contribution >= 4 is 29.5 Å². The molecule has 2 atom stereocenters. The summed E-state index contributed by atoms with van der Waals surface area (Å²) in [5, 5.41) is 9.29. The van der Waals surface area contributed by atoms with E-state index < -0.39 is 12.0 Å². The Morgan fingerprint density at radius 3 is 2.94 bits per heavy atom. The minimum absolute atomic E-state index is 0.0779. The molecule has 0 saturated carbocycles. The van der Waals surface area contributed by atoms with Gasteiger partial charge in [0.05, 0.1) is 5.60 Å². The molecular formula is C12H21NO3S2. The zero-order chi connectivity index (χ0) is 13.0. The zero-order valence-corrected chi connectivity index (χ0v) is 12.1. The molecule has 1 spiro atoms. The molecule has 6 heteroatoms. The average molecular weight is 291 g/mol. The first-order valence-corrected chi connectivity index (χ1v) is 8.63. The predicted octanol–water partition coefficient (Wildman–Crippen LogP) is 1.58. The zero-order valence-electron chi connectivity index (χ0n) is 10.5. The fourth-order valence-corrected chi connectivity index (χ4v) is 5.07. The van der Waals surface area contributed by atoms with E-state index in [1.807, 2.05) is 11.8 Å². The summed E-state index contributed by atoms with van der Waals surface area (Å²) in [6.07, 6.45) is 4.36. The highest BCUT2D eigenvalue weighted by molar-refractivity contribution is 8.00. The van der Waals surface area contributed by atoms with Gasteiger partial charge in [-0.1, -0.05) is 0 Å². The van der Waals surface area contributed by atoms with E-state index >= 15 is 0 Å². The van der Waals surface area contributed by atoms with E-state index in [1.54, 1.807) is 11.8 Å². The highest BCUT2D eigenvalue weighted by atomic mass is 32.2. The van der Waals surface area contributed by atoms with Crippen molar-refractivity contribution < 1.29 is 14.6 Å². The number of aliphatic carboxylic acids is 1. The smallest absolute Gasteiger partial charge is 0.321 e. The summed E-state index contributed by atoms with van der Waals surface area (Å²) in [5.41, 5.74) is 5.63. The Hall–Kier alpha value is 0.0900. The summed E-state index contributed by atoms with van der Waals surface area (Å²) >= 11 is 3.71. The van der Waals surface area contributed by atoms with Crippen LogP contribution in [-0.4, -0.2) is 51.8 Å². The number of carbonyl (C=O) groups is 1. The molecule has 0 aromatic carbocycles. The Morgan fingerprint density at radius 2 is 2.28 bits per heavy atom. The van der Waals surface area contributed by atoms with Gasteiger partial charge in [-0.05, 0) is 37.2 Å². The van der Waals surface area contributed by atoms with Gasteiger partial charge in [0.15, 0.2) is 0 Å². The van der Waals surface area contributed by atoms with Crippen molar-refractivity contribution in [3.8, 4) is 0 Å². The molecule has 2 saturated heterocycles. The number of ether oxygens (including phenoxy) is 1. The first kappa shape index (κ1) is 14.5. The lowest BCUT2D eigenvalue weighted by Crippen LogP contribution is -2.44. The first-order chi connectivity index (χ1) is 8.61. The minimum Gasteiger partial charge on any atom is -0.480 e. The van der Waals surface area contributed by atoms with Gasteiger partial charge in [-0.15, -0.1) is 0 Å². The Labute approximate surface area is 116 Å². The van der Waals surface area contributed by atoms with Gasteiger partial charge in [-0.2, -0.15) is 23.5 Å². The largest absolute Gasteiger partial charge is 0.480 e. The third-order valence-corrected chi connectivity index (χ3v) is 6.09. The van der Waals surface area contributed by atoms with E-state index in [0.29, 0.717) is 11.0 Å². The molecule has 0 bridgehead atoms. The Bertz CT molecular complexity index is 290. The second-order valence-corrected chi connectivity index (χ2v) is 7.59. The molecule has 0 amide bonds. The molecular weight excluding hydrogens is 270 g/mol. The minimum atomic E-state index is -0.904. The monoisotopic (exact) mass is 291 g/mol. The van der Waals surface area contributed by atoms with Gasteiger partial charge in [0.25, 0.3) is 0 Å². The summed E-state index contributed by atoms with van der Waals surface area (Å²) in [6.45, 7) is 0.810. The van der Waals surface area contributed by atoms with Crippen LogP contribution in [0.2, 0.25) is 0 Å². The SMILES string of the molecule is N[C@@H](CSC1CCOC2(CCSCC2)C1)C(=O)O. The second kappa shape index (κ2) is 6.50. The van der Waals surface area contributed by atoms with Crippen LogP contribution in [0.25, 0.3) is 0 Å². The average Bonchev–Trinajstić information content (AvgIpc) is 2.37. The molecule has 0 radical (unpaired) electrons. The molecule has 104 valence electrons. The van der Waals surface area contributed by atoms with Crippen molar-refractivity contribution in [2.75, 3.05) is 23.9 Å². The highest BCUT2D eigenvalue weighted by Crippen LogP contribution is 2.40. The molecule has 2 aliphatic heterocycles. The van der Waals surface area contributed by atoms with Crippen molar-refractivity contribution in [1.29, 1.82) is 0 Å². The van der Waals surface area contributed by atoms with Crippen molar-refractivity contribution in [2.24, 2.45) is 5.73 Å². The fourth-order valence-electron chi connectivity index (χ4n) is 2.53. The van der Waals surface area contributed by atoms with Gasteiger partial charge >= 0.3 is 5.97 Å². The number of nitrogens with two attached hydrogens (primary N) is 1. The molecule has 2 aliphatic rings. The van der Waals surface area contributed by atoms with Gasteiger partial charge < -0.3 is 15.6 Å². The van der Waals surface area contributed by atoms with Crippen LogP contribution in [0.4, 0.5) is 0 Å². The summed E-state index contributed by atoms with van der Waals surface area (Å²) in [6, 6.07) is -0.740. The summed E-state index contributed by atoms with van der Waals surface area (Å²) in [7, 11) is 0. The van der Waals surface area contributed by atoms with E-state index in [0.717, 1.165) is 32.3 Å². The Kier molecular flexibility index (Phi) is 5.24. The number of rotatable bonds is 4. The van der Waals surface area contributed by atoms with Crippen LogP contribution in [0.1, 0.15) is 25.7 Å². The quantitative estimate of drug-likeness (QED) is 0.819. The lowest BCUT2D eigenvalue weighted by molar-refractivity contribution is -0.137. The summed E-state index contributed by atoms with van der Waals surface area (Å²) < 4.78 is 6.02. The van der Waals surface area contributed by atoms with Gasteiger partial charge in [-0.3, -0.25) is 4.79 Å². The first-order valence-electron chi connectivity index (χ1n) is 6.43. The number of carboxylic acids is 1. The third kappa shape index (κ3) is 3.79. The van der Waals surface area contributed by atoms with Crippen molar-refractivity contribution in [3.05, 3.63) is 0 Å². The van der Waals surface area contributed by atoms with Gasteiger partial charge in [0.1, 0.15) is 6.04 Å². The number of carboxylic acid groups (broad SMARTS) is 1. The van der Waals surface area contributed by atoms with Crippen LogP contribution < -0.4 is 5.73 Å². The van der Waals surface area contributed by atoms with Crippen LogP contribution in [-0.2, 0) is 9.53 Å². The maximum atomic E-state index is 10.7. The van der Waals surface area contributed by atoms with E-state index in [2.05, 4.69) is 0 Å². The van der Waals surface area contributed by atoms with Crippen LogP contribution in [0.15, 0.2) is 0 Å². The molecule has 0 aromatic rings. The van der Waals surface area contributed by atoms with Gasteiger partial charge in [-0.25, -0.2) is 0 Å². The Balaban J connectivity index is 1.81. The van der Waals surface area contributed by atoms with E-state index in [9.17, 15) is 4.79 Å². The molecule has 2 fully saturated rings. The van der Waals surface area contributed by atoms with Crippen molar-refractivity contribution in [1.82, 2.24) is 0 Å². The Morgan fingerprint density at radius 1 is 1.56 bits per heavy atom. The fraction of sp³-hybridized carbons (Fsp3) is 0.917. The lowest BCUT2D eigenvalue weighted by atomic mass is 9.88. The molecule has 0 aromatic heterocycles. The normalized spacial score (nSPS) is 29.1. The molecule has 0 aliphatic carbocycles. The summed E-state index contributed by atoms with van der Waals surface area (Å²) in [4.78, 5) is 10.7. The third-order valence-electron chi connectivity index (χ3n) is 3.68. The van der Waals surface area contributed by atoms with Crippen molar-refractivity contribution in [2.45, 2.75) is 42.6 Å². The van der Waals surface area contributed by atoms with Crippen LogP contribution in [0.5, 0.6) is 0 Å². The van der Waals surface area contributed by atoms with Gasteiger partial charge in [0.2, 0.25) is 0 Å². The van der Waals surface area contributed by atoms with E-state index in [4.69, 9.17) is 15.6 Å². The molecule has 2 heterocycles. The predicted molar refractivity (Wildman–Crippen MR) is 76.3 cm³/mol. The summed E-state index contributed by atoms with van der Waals surface area (Å²) in [5.74, 6) is 1.97. The van der Waals surface area contributed by atoms with Crippen LogP contribution >= 0.6 is 23.5 Å². The highest BCUT2D eigenvalue weighted by Gasteiger charge is 2.38. The number of hydrogen-bond donors (Lipinski definition) is 2. The maximum absolute atomic E-state index is 10.7.